The molecule has 0 radical (unpaired) electrons. The fourth-order valence-corrected chi connectivity index (χ4v) is 2.62. The molecule has 7 heteroatoms. The lowest BCUT2D eigenvalue weighted by Gasteiger charge is -2.24. The molecule has 0 saturated carbocycles. The lowest BCUT2D eigenvalue weighted by Crippen LogP contribution is -2.42. The summed E-state index contributed by atoms with van der Waals surface area (Å²) in [6.45, 7) is 7.58. The minimum atomic E-state index is -0.267. The fraction of sp³-hybridized carbons (Fsp3) is 0.556. The zero-order valence-electron chi connectivity index (χ0n) is 15.1. The molecule has 2 rings (SSSR count). The average Bonchev–Trinajstić information content (AvgIpc) is 2.80. The Morgan fingerprint density at radius 3 is 2.44 bits per heavy atom. The molecular formula is C18H27N3O4. The van der Waals surface area contributed by atoms with Crippen molar-refractivity contribution in [2.75, 3.05) is 26.3 Å². The number of ether oxygens (including phenoxy) is 2. The Hall–Kier alpha value is -2.44. The van der Waals surface area contributed by atoms with Gasteiger partial charge in [0.2, 0.25) is 5.91 Å². The van der Waals surface area contributed by atoms with E-state index in [1.807, 2.05) is 32.0 Å². The number of fused-ring (bicyclic) bond motifs is 1. The van der Waals surface area contributed by atoms with Gasteiger partial charge in [-0.3, -0.25) is 4.79 Å². The zero-order chi connectivity index (χ0) is 18.2. The van der Waals surface area contributed by atoms with Crippen LogP contribution in [-0.2, 0) is 4.79 Å². The normalized spacial score (nSPS) is 14.4. The maximum absolute atomic E-state index is 12.1. The van der Waals surface area contributed by atoms with Crippen molar-refractivity contribution in [3.05, 3.63) is 23.8 Å². The van der Waals surface area contributed by atoms with Crippen LogP contribution < -0.4 is 25.4 Å². The summed E-state index contributed by atoms with van der Waals surface area (Å²) in [5, 5.41) is 8.37. The third kappa shape index (κ3) is 5.85. The molecule has 0 bridgehead atoms. The Morgan fingerprint density at radius 2 is 1.76 bits per heavy atom. The molecular weight excluding hydrogens is 322 g/mol. The number of hydrogen-bond donors (Lipinski definition) is 3. The summed E-state index contributed by atoms with van der Waals surface area (Å²) in [7, 11) is 0. The summed E-state index contributed by atoms with van der Waals surface area (Å²) in [6.07, 6.45) is 0.854. The molecule has 1 aromatic rings. The van der Waals surface area contributed by atoms with Crippen LogP contribution in [0, 0.1) is 5.92 Å². The predicted octanol–water partition coefficient (Wildman–Crippen LogP) is 1.98. The molecule has 3 N–H and O–H groups in total. The van der Waals surface area contributed by atoms with Crippen molar-refractivity contribution < 1.29 is 19.1 Å². The highest BCUT2D eigenvalue weighted by Crippen LogP contribution is 2.34. The van der Waals surface area contributed by atoms with E-state index in [2.05, 4.69) is 16.0 Å². The number of nitrogens with one attached hydrogen (secondary N) is 3. The SMILES string of the molecule is CC(=O)NCCNC(=O)N[C@H](c1ccc2c(c1)OCCCO2)C(C)C. The van der Waals surface area contributed by atoms with Crippen LogP contribution in [0.1, 0.15) is 38.8 Å². The third-order valence-corrected chi connectivity index (χ3v) is 3.87. The first-order valence-corrected chi connectivity index (χ1v) is 8.65. The van der Waals surface area contributed by atoms with Gasteiger partial charge in [0.15, 0.2) is 11.5 Å². The van der Waals surface area contributed by atoms with Crippen molar-refractivity contribution in [3.8, 4) is 11.5 Å². The van der Waals surface area contributed by atoms with Gasteiger partial charge < -0.3 is 25.4 Å². The molecule has 1 aliphatic heterocycles. The molecule has 25 heavy (non-hydrogen) atoms. The highest BCUT2D eigenvalue weighted by molar-refractivity contribution is 5.75. The largest absolute Gasteiger partial charge is 0.490 e. The van der Waals surface area contributed by atoms with Crippen molar-refractivity contribution in [2.45, 2.75) is 33.2 Å². The summed E-state index contributed by atoms with van der Waals surface area (Å²) in [4.78, 5) is 22.9. The smallest absolute Gasteiger partial charge is 0.315 e. The van der Waals surface area contributed by atoms with Gasteiger partial charge in [-0.05, 0) is 23.6 Å². The predicted molar refractivity (Wildman–Crippen MR) is 94.8 cm³/mol. The van der Waals surface area contributed by atoms with E-state index in [4.69, 9.17) is 9.47 Å². The first-order valence-electron chi connectivity index (χ1n) is 8.65. The standard InChI is InChI=1S/C18H27N3O4/c1-12(2)17(21-18(23)20-8-7-19-13(3)22)14-5-6-15-16(11-14)25-10-4-9-24-15/h5-6,11-12,17H,4,7-10H2,1-3H3,(H,19,22)(H2,20,21,23)/t17-/m0/s1. The number of urea groups is 1. The molecule has 0 aliphatic carbocycles. The zero-order valence-corrected chi connectivity index (χ0v) is 15.1. The van der Waals surface area contributed by atoms with Gasteiger partial charge in [-0.1, -0.05) is 19.9 Å². The monoisotopic (exact) mass is 349 g/mol. The van der Waals surface area contributed by atoms with Gasteiger partial charge in [-0.2, -0.15) is 0 Å². The Bertz CT molecular complexity index is 604. The molecule has 138 valence electrons. The van der Waals surface area contributed by atoms with Gasteiger partial charge >= 0.3 is 6.03 Å². The van der Waals surface area contributed by atoms with Gasteiger partial charge in [0.25, 0.3) is 0 Å². The Kier molecular flexibility index (Phi) is 6.91. The van der Waals surface area contributed by atoms with Crippen LogP contribution in [0.25, 0.3) is 0 Å². The van der Waals surface area contributed by atoms with E-state index in [-0.39, 0.29) is 23.9 Å². The van der Waals surface area contributed by atoms with Gasteiger partial charge in [0, 0.05) is 26.4 Å². The lowest BCUT2D eigenvalue weighted by molar-refractivity contribution is -0.118. The molecule has 3 amide bonds. The summed E-state index contributed by atoms with van der Waals surface area (Å²) in [5.41, 5.74) is 0.969. The van der Waals surface area contributed by atoms with Crippen molar-refractivity contribution >= 4 is 11.9 Å². The molecule has 0 saturated heterocycles. The van der Waals surface area contributed by atoms with Crippen LogP contribution in [0.15, 0.2) is 18.2 Å². The van der Waals surface area contributed by atoms with E-state index in [0.717, 1.165) is 17.7 Å². The topological polar surface area (TPSA) is 88.7 Å². The van der Waals surface area contributed by atoms with Crippen molar-refractivity contribution in [2.24, 2.45) is 5.92 Å². The van der Waals surface area contributed by atoms with Gasteiger partial charge in [0.05, 0.1) is 19.3 Å². The van der Waals surface area contributed by atoms with E-state index in [9.17, 15) is 9.59 Å². The Balaban J connectivity index is 1.99. The minimum Gasteiger partial charge on any atom is -0.490 e. The lowest BCUT2D eigenvalue weighted by atomic mass is 9.96. The maximum Gasteiger partial charge on any atom is 0.315 e. The molecule has 0 spiro atoms. The number of carbonyl (C=O) groups excluding carboxylic acids is 2. The van der Waals surface area contributed by atoms with E-state index >= 15 is 0 Å². The van der Waals surface area contributed by atoms with Crippen molar-refractivity contribution in [1.29, 1.82) is 0 Å². The summed E-state index contributed by atoms with van der Waals surface area (Å²) >= 11 is 0. The fourth-order valence-electron chi connectivity index (χ4n) is 2.62. The molecule has 1 aliphatic rings. The molecule has 0 unspecified atom stereocenters. The summed E-state index contributed by atoms with van der Waals surface area (Å²) in [5.74, 6) is 1.54. The highest BCUT2D eigenvalue weighted by atomic mass is 16.5. The number of amides is 3. The van der Waals surface area contributed by atoms with Crippen LogP contribution in [0.3, 0.4) is 0 Å². The summed E-state index contributed by atoms with van der Waals surface area (Å²) in [6, 6.07) is 5.36. The Labute approximate surface area is 148 Å². The second-order valence-electron chi connectivity index (χ2n) is 6.36. The maximum atomic E-state index is 12.1. The van der Waals surface area contributed by atoms with Crippen LogP contribution in [0.2, 0.25) is 0 Å². The third-order valence-electron chi connectivity index (χ3n) is 3.87. The second-order valence-corrected chi connectivity index (χ2v) is 6.36. The first kappa shape index (κ1) is 18.9. The molecule has 1 aromatic carbocycles. The van der Waals surface area contributed by atoms with E-state index in [1.54, 1.807) is 0 Å². The number of hydrogen-bond acceptors (Lipinski definition) is 4. The van der Waals surface area contributed by atoms with Gasteiger partial charge in [-0.15, -0.1) is 0 Å². The van der Waals surface area contributed by atoms with Gasteiger partial charge in [0.1, 0.15) is 0 Å². The average molecular weight is 349 g/mol. The number of carbonyl (C=O) groups is 2. The molecule has 7 nitrogen and oxygen atoms in total. The second kappa shape index (κ2) is 9.15. The highest BCUT2D eigenvalue weighted by Gasteiger charge is 2.21. The molecule has 0 aromatic heterocycles. The van der Waals surface area contributed by atoms with Crippen LogP contribution in [0.4, 0.5) is 4.79 Å². The molecule has 0 fully saturated rings. The Morgan fingerprint density at radius 1 is 1.08 bits per heavy atom. The quantitative estimate of drug-likeness (QED) is 0.685. The summed E-state index contributed by atoms with van der Waals surface area (Å²) < 4.78 is 11.4. The van der Waals surface area contributed by atoms with E-state index in [0.29, 0.717) is 32.1 Å². The van der Waals surface area contributed by atoms with Crippen molar-refractivity contribution in [1.82, 2.24) is 16.0 Å². The van der Waals surface area contributed by atoms with Gasteiger partial charge in [-0.25, -0.2) is 4.79 Å². The first-order chi connectivity index (χ1) is 12.0. The number of benzene rings is 1. The van der Waals surface area contributed by atoms with Crippen LogP contribution in [-0.4, -0.2) is 38.2 Å². The minimum absolute atomic E-state index is 0.116. The van der Waals surface area contributed by atoms with Crippen molar-refractivity contribution in [3.63, 3.8) is 0 Å². The van der Waals surface area contributed by atoms with Crippen LogP contribution >= 0.6 is 0 Å². The van der Waals surface area contributed by atoms with E-state index < -0.39 is 0 Å². The van der Waals surface area contributed by atoms with E-state index in [1.165, 1.54) is 6.92 Å². The molecule has 1 atom stereocenters. The molecule has 1 heterocycles. The van der Waals surface area contributed by atoms with Crippen LogP contribution in [0.5, 0.6) is 11.5 Å². The number of rotatable bonds is 6.